The second-order valence-corrected chi connectivity index (χ2v) is 9.12. The first-order chi connectivity index (χ1) is 16.6. The molecule has 0 aromatic heterocycles. The number of rotatable bonds is 13. The molecule has 1 saturated carbocycles. The molecule has 0 bridgehead atoms. The molecule has 3 rings (SSSR count). The topological polar surface area (TPSA) is 76.7 Å². The quantitative estimate of drug-likeness (QED) is 0.303. The maximum Gasteiger partial charge on any atom is 0.228 e. The van der Waals surface area contributed by atoms with Crippen molar-refractivity contribution in [3.05, 3.63) is 53.6 Å². The molecule has 0 spiro atoms. The van der Waals surface area contributed by atoms with Crippen molar-refractivity contribution in [3.63, 3.8) is 0 Å². The highest BCUT2D eigenvalue weighted by Gasteiger charge is 2.22. The van der Waals surface area contributed by atoms with E-state index in [1.165, 1.54) is 50.5 Å². The van der Waals surface area contributed by atoms with Gasteiger partial charge in [0.15, 0.2) is 11.5 Å². The minimum Gasteiger partial charge on any atom is -0.493 e. The molecule has 6 heteroatoms. The molecule has 0 aliphatic heterocycles. The summed E-state index contributed by atoms with van der Waals surface area (Å²) in [6.07, 6.45) is 9.99. The summed E-state index contributed by atoms with van der Waals surface area (Å²) in [5.74, 6) is 2.56. The van der Waals surface area contributed by atoms with Crippen LogP contribution in [0.3, 0.4) is 0 Å². The first-order valence-electron chi connectivity index (χ1n) is 12.5. The lowest BCUT2D eigenvalue weighted by atomic mass is 9.77. The zero-order chi connectivity index (χ0) is 24.2. The van der Waals surface area contributed by atoms with E-state index in [1.807, 2.05) is 24.3 Å². The molecule has 0 unspecified atom stereocenters. The Morgan fingerprint density at radius 3 is 2.65 bits per heavy atom. The second kappa shape index (κ2) is 13.6. The van der Waals surface area contributed by atoms with E-state index in [0.717, 1.165) is 17.2 Å². The first-order valence-corrected chi connectivity index (χ1v) is 12.5. The third-order valence-electron chi connectivity index (χ3n) is 6.63. The Kier molecular flexibility index (Phi) is 10.3. The summed E-state index contributed by atoms with van der Waals surface area (Å²) in [7, 11) is 1.57. The smallest absolute Gasteiger partial charge is 0.228 e. The SMILES string of the molecule is CCCCC1CCC(c2cccc(NC(=O)Cc3ccc(OCCNC=O)c(OC)c3)c2)CC1. The zero-order valence-electron chi connectivity index (χ0n) is 20.5. The van der Waals surface area contributed by atoms with Crippen molar-refractivity contribution in [1.29, 1.82) is 0 Å². The molecule has 1 aliphatic rings. The maximum absolute atomic E-state index is 12.7. The van der Waals surface area contributed by atoms with E-state index >= 15 is 0 Å². The summed E-state index contributed by atoms with van der Waals surface area (Å²) >= 11 is 0. The van der Waals surface area contributed by atoms with E-state index < -0.39 is 0 Å². The predicted octanol–water partition coefficient (Wildman–Crippen LogP) is 5.47. The van der Waals surface area contributed by atoms with Crippen molar-refractivity contribution < 1.29 is 19.1 Å². The Morgan fingerprint density at radius 2 is 1.91 bits per heavy atom. The van der Waals surface area contributed by atoms with Crippen LogP contribution in [0.2, 0.25) is 0 Å². The Balaban J connectivity index is 1.53. The van der Waals surface area contributed by atoms with Crippen LogP contribution in [0.1, 0.15) is 68.9 Å². The van der Waals surface area contributed by atoms with Gasteiger partial charge in [0.25, 0.3) is 0 Å². The average Bonchev–Trinajstić information content (AvgIpc) is 2.86. The number of methoxy groups -OCH3 is 1. The van der Waals surface area contributed by atoms with Crippen LogP contribution in [0, 0.1) is 5.92 Å². The van der Waals surface area contributed by atoms with Crippen LogP contribution in [0.4, 0.5) is 5.69 Å². The van der Waals surface area contributed by atoms with Gasteiger partial charge in [0.05, 0.1) is 20.1 Å². The number of amides is 2. The first kappa shape index (κ1) is 25.6. The van der Waals surface area contributed by atoms with E-state index in [1.54, 1.807) is 13.2 Å². The van der Waals surface area contributed by atoms with Gasteiger partial charge in [0, 0.05) is 5.69 Å². The lowest BCUT2D eigenvalue weighted by Gasteiger charge is -2.29. The predicted molar refractivity (Wildman–Crippen MR) is 136 cm³/mol. The van der Waals surface area contributed by atoms with Gasteiger partial charge < -0.3 is 20.1 Å². The number of anilines is 1. The van der Waals surface area contributed by atoms with Crippen LogP contribution >= 0.6 is 0 Å². The van der Waals surface area contributed by atoms with E-state index in [0.29, 0.717) is 37.0 Å². The van der Waals surface area contributed by atoms with Crippen molar-refractivity contribution in [2.24, 2.45) is 5.92 Å². The van der Waals surface area contributed by atoms with Gasteiger partial charge in [-0.3, -0.25) is 9.59 Å². The van der Waals surface area contributed by atoms with Crippen LogP contribution in [0.25, 0.3) is 0 Å². The Labute approximate surface area is 203 Å². The van der Waals surface area contributed by atoms with Crippen molar-refractivity contribution >= 4 is 18.0 Å². The third kappa shape index (κ3) is 7.79. The molecule has 0 saturated heterocycles. The number of nitrogens with one attached hydrogen (secondary N) is 2. The van der Waals surface area contributed by atoms with Gasteiger partial charge >= 0.3 is 0 Å². The van der Waals surface area contributed by atoms with Gasteiger partial charge in [-0.1, -0.05) is 44.4 Å². The summed E-state index contributed by atoms with van der Waals surface area (Å²) in [6, 6.07) is 13.8. The maximum atomic E-state index is 12.7. The fraction of sp³-hybridized carbons (Fsp3) is 0.500. The average molecular weight is 467 g/mol. The number of ether oxygens (including phenoxy) is 2. The zero-order valence-corrected chi connectivity index (χ0v) is 20.5. The van der Waals surface area contributed by atoms with Crippen LogP contribution in [0.15, 0.2) is 42.5 Å². The highest BCUT2D eigenvalue weighted by atomic mass is 16.5. The van der Waals surface area contributed by atoms with Crippen molar-refractivity contribution in [2.45, 2.75) is 64.2 Å². The van der Waals surface area contributed by atoms with Gasteiger partial charge in [-0.15, -0.1) is 0 Å². The van der Waals surface area contributed by atoms with Crippen molar-refractivity contribution in [2.75, 3.05) is 25.6 Å². The number of hydrogen-bond donors (Lipinski definition) is 2. The summed E-state index contributed by atoms with van der Waals surface area (Å²) in [6.45, 7) is 3.02. The van der Waals surface area contributed by atoms with Crippen LogP contribution in [-0.4, -0.2) is 32.6 Å². The van der Waals surface area contributed by atoms with Gasteiger partial charge in [-0.25, -0.2) is 0 Å². The van der Waals surface area contributed by atoms with Crippen molar-refractivity contribution in [1.82, 2.24) is 5.32 Å². The van der Waals surface area contributed by atoms with E-state index in [4.69, 9.17) is 9.47 Å². The molecular weight excluding hydrogens is 428 g/mol. The van der Waals surface area contributed by atoms with Gasteiger partial charge in [0.2, 0.25) is 12.3 Å². The number of hydrogen-bond acceptors (Lipinski definition) is 4. The van der Waals surface area contributed by atoms with E-state index in [9.17, 15) is 9.59 Å². The third-order valence-corrected chi connectivity index (χ3v) is 6.63. The largest absolute Gasteiger partial charge is 0.493 e. The highest BCUT2D eigenvalue weighted by Crippen LogP contribution is 2.38. The van der Waals surface area contributed by atoms with Crippen molar-refractivity contribution in [3.8, 4) is 11.5 Å². The molecule has 0 heterocycles. The molecule has 2 aromatic rings. The molecule has 1 fully saturated rings. The second-order valence-electron chi connectivity index (χ2n) is 9.12. The Hall–Kier alpha value is -3.02. The van der Waals surface area contributed by atoms with E-state index in [2.05, 4.69) is 29.7 Å². The molecule has 2 amide bonds. The molecule has 0 radical (unpaired) electrons. The van der Waals surface area contributed by atoms with Gasteiger partial charge in [-0.2, -0.15) is 0 Å². The molecule has 2 aromatic carbocycles. The normalized spacial score (nSPS) is 17.6. The summed E-state index contributed by atoms with van der Waals surface area (Å²) < 4.78 is 11.0. The van der Waals surface area contributed by atoms with Gasteiger partial charge in [-0.05, 0) is 72.9 Å². The molecule has 1 aliphatic carbocycles. The molecule has 184 valence electrons. The highest BCUT2D eigenvalue weighted by molar-refractivity contribution is 5.92. The summed E-state index contributed by atoms with van der Waals surface area (Å²) in [5, 5.41) is 5.61. The molecule has 34 heavy (non-hydrogen) atoms. The standard InChI is InChI=1S/C28H38N2O4/c1-3-4-6-21-9-12-23(13-10-21)24-7-5-8-25(19-24)30-28(32)18-22-11-14-26(27(17-22)33-2)34-16-15-29-20-31/h5,7-8,11,14,17,19-21,23H,3-4,6,9-10,12-13,15-16,18H2,1-2H3,(H,29,31)(H,30,32). The lowest BCUT2D eigenvalue weighted by Crippen LogP contribution is -2.19. The Bertz CT molecular complexity index is 922. The summed E-state index contributed by atoms with van der Waals surface area (Å²) in [4.78, 5) is 23.0. The Morgan fingerprint density at radius 1 is 1.09 bits per heavy atom. The fourth-order valence-corrected chi connectivity index (χ4v) is 4.76. The fourth-order valence-electron chi connectivity index (χ4n) is 4.76. The minimum atomic E-state index is -0.0636. The number of unbranched alkanes of at least 4 members (excludes halogenated alkanes) is 1. The number of benzene rings is 2. The molecular formula is C28H38N2O4. The van der Waals surface area contributed by atoms with Crippen LogP contribution in [-0.2, 0) is 16.0 Å². The molecule has 0 atom stereocenters. The van der Waals surface area contributed by atoms with E-state index in [-0.39, 0.29) is 12.3 Å². The number of carbonyl (C=O) groups is 2. The summed E-state index contributed by atoms with van der Waals surface area (Å²) in [5.41, 5.74) is 3.03. The van der Waals surface area contributed by atoms with Crippen LogP contribution < -0.4 is 20.1 Å². The van der Waals surface area contributed by atoms with Gasteiger partial charge in [0.1, 0.15) is 6.61 Å². The monoisotopic (exact) mass is 466 g/mol. The minimum absolute atomic E-state index is 0.0636. The lowest BCUT2D eigenvalue weighted by molar-refractivity contribution is -0.115. The number of carbonyl (C=O) groups excluding carboxylic acids is 2. The molecule has 2 N–H and O–H groups in total. The van der Waals surface area contributed by atoms with Crippen LogP contribution in [0.5, 0.6) is 11.5 Å². The molecule has 6 nitrogen and oxygen atoms in total.